The maximum Gasteiger partial charge on any atom is 0.0774 e. The summed E-state index contributed by atoms with van der Waals surface area (Å²) in [6, 6.07) is 0.454. The summed E-state index contributed by atoms with van der Waals surface area (Å²) in [5.41, 5.74) is -0.463. The van der Waals surface area contributed by atoms with E-state index in [2.05, 4.69) is 12.2 Å². The highest BCUT2D eigenvalue weighted by Gasteiger charge is 2.32. The molecule has 2 fully saturated rings. The van der Waals surface area contributed by atoms with Crippen molar-refractivity contribution in [1.29, 1.82) is 0 Å². The molecular formula is C13H25NO2. The lowest BCUT2D eigenvalue weighted by molar-refractivity contribution is -0.0197. The Kier molecular flexibility index (Phi) is 4.22. The number of hydrogen-bond acceptors (Lipinski definition) is 3. The largest absolute Gasteiger partial charge is 0.389 e. The van der Waals surface area contributed by atoms with E-state index in [9.17, 15) is 5.11 Å². The van der Waals surface area contributed by atoms with Crippen molar-refractivity contribution in [3.8, 4) is 0 Å². The van der Waals surface area contributed by atoms with Gasteiger partial charge in [-0.3, -0.25) is 0 Å². The third kappa shape index (κ3) is 3.44. The van der Waals surface area contributed by atoms with Gasteiger partial charge < -0.3 is 15.2 Å². The van der Waals surface area contributed by atoms with E-state index < -0.39 is 5.60 Å². The fourth-order valence-corrected chi connectivity index (χ4v) is 3.03. The van der Waals surface area contributed by atoms with E-state index in [1.807, 2.05) is 0 Å². The van der Waals surface area contributed by atoms with Gasteiger partial charge in [-0.15, -0.1) is 0 Å². The molecule has 94 valence electrons. The second-order valence-electron chi connectivity index (χ2n) is 5.72. The highest BCUT2D eigenvalue weighted by atomic mass is 16.5. The Bertz CT molecular complexity index is 216. The number of hydrogen-bond donors (Lipinski definition) is 2. The average Bonchev–Trinajstić information content (AvgIpc) is 2.28. The lowest BCUT2D eigenvalue weighted by atomic mass is 9.79. The number of aliphatic hydroxyl groups is 1. The molecule has 1 saturated heterocycles. The van der Waals surface area contributed by atoms with Crippen LogP contribution in [-0.4, -0.2) is 36.5 Å². The maximum atomic E-state index is 10.5. The van der Waals surface area contributed by atoms with Crippen LogP contribution in [0.2, 0.25) is 0 Å². The second kappa shape index (κ2) is 5.48. The van der Waals surface area contributed by atoms with E-state index in [4.69, 9.17) is 4.74 Å². The Morgan fingerprint density at radius 3 is 2.94 bits per heavy atom. The van der Waals surface area contributed by atoms with Gasteiger partial charge in [-0.2, -0.15) is 0 Å². The molecule has 1 aliphatic carbocycles. The van der Waals surface area contributed by atoms with Crippen LogP contribution in [0.25, 0.3) is 0 Å². The van der Waals surface area contributed by atoms with Gasteiger partial charge in [0, 0.05) is 19.2 Å². The first-order chi connectivity index (χ1) is 7.68. The summed E-state index contributed by atoms with van der Waals surface area (Å²) in [5.74, 6) is 0.670. The van der Waals surface area contributed by atoms with E-state index >= 15 is 0 Å². The molecule has 0 radical (unpaired) electrons. The van der Waals surface area contributed by atoms with Crippen LogP contribution in [0.15, 0.2) is 0 Å². The van der Waals surface area contributed by atoms with Gasteiger partial charge in [-0.05, 0) is 31.6 Å². The summed E-state index contributed by atoms with van der Waals surface area (Å²) in [7, 11) is 0. The van der Waals surface area contributed by atoms with Crippen molar-refractivity contribution in [3.05, 3.63) is 0 Å². The maximum absolute atomic E-state index is 10.5. The number of ether oxygens (including phenoxy) is 1. The highest BCUT2D eigenvalue weighted by Crippen LogP contribution is 2.31. The van der Waals surface area contributed by atoms with Gasteiger partial charge in [0.2, 0.25) is 0 Å². The topological polar surface area (TPSA) is 41.5 Å². The van der Waals surface area contributed by atoms with Crippen molar-refractivity contribution in [1.82, 2.24) is 5.32 Å². The van der Waals surface area contributed by atoms with Gasteiger partial charge in [0.1, 0.15) is 0 Å². The van der Waals surface area contributed by atoms with Crippen LogP contribution in [0, 0.1) is 5.92 Å². The van der Waals surface area contributed by atoms with Gasteiger partial charge in [0.05, 0.1) is 12.2 Å². The van der Waals surface area contributed by atoms with Crippen molar-refractivity contribution in [2.24, 2.45) is 5.92 Å². The molecule has 2 aliphatic rings. The van der Waals surface area contributed by atoms with Gasteiger partial charge in [-0.1, -0.05) is 19.8 Å². The lowest BCUT2D eigenvalue weighted by Crippen LogP contribution is -2.49. The summed E-state index contributed by atoms with van der Waals surface area (Å²) in [6.07, 6.45) is 6.68. The molecule has 1 saturated carbocycles. The third-order valence-electron chi connectivity index (χ3n) is 3.95. The van der Waals surface area contributed by atoms with Crippen LogP contribution in [0.3, 0.4) is 0 Å². The van der Waals surface area contributed by atoms with Crippen LogP contribution in [0.4, 0.5) is 0 Å². The lowest BCUT2D eigenvalue weighted by Gasteiger charge is -2.37. The molecule has 3 nitrogen and oxygen atoms in total. The van der Waals surface area contributed by atoms with E-state index in [1.54, 1.807) is 0 Å². The molecular weight excluding hydrogens is 202 g/mol. The minimum atomic E-state index is -0.463. The molecule has 1 aliphatic heterocycles. The standard InChI is InChI=1S/C13H25NO2/c1-11-4-2-6-13(15,8-11)10-14-12-5-3-7-16-9-12/h11-12,14-15H,2-10H2,1H3. The van der Waals surface area contributed by atoms with Crippen LogP contribution in [-0.2, 0) is 4.74 Å². The SMILES string of the molecule is CC1CCCC(O)(CNC2CCCOC2)C1. The molecule has 3 atom stereocenters. The molecule has 2 rings (SSSR count). The zero-order valence-corrected chi connectivity index (χ0v) is 10.4. The molecule has 3 heteroatoms. The molecule has 0 spiro atoms. The monoisotopic (exact) mass is 227 g/mol. The summed E-state index contributed by atoms with van der Waals surface area (Å²) in [4.78, 5) is 0. The highest BCUT2D eigenvalue weighted by molar-refractivity contribution is 4.88. The Morgan fingerprint density at radius 2 is 2.25 bits per heavy atom. The van der Waals surface area contributed by atoms with Crippen LogP contribution in [0.5, 0.6) is 0 Å². The number of rotatable bonds is 3. The van der Waals surface area contributed by atoms with Gasteiger partial charge >= 0.3 is 0 Å². The van der Waals surface area contributed by atoms with Gasteiger partial charge in [-0.25, -0.2) is 0 Å². The molecule has 3 unspecified atom stereocenters. The van der Waals surface area contributed by atoms with Crippen molar-refractivity contribution < 1.29 is 9.84 Å². The van der Waals surface area contributed by atoms with Crippen molar-refractivity contribution in [2.75, 3.05) is 19.8 Å². The molecule has 0 bridgehead atoms. The Balaban J connectivity index is 1.74. The Hall–Kier alpha value is -0.120. The molecule has 2 N–H and O–H groups in total. The summed E-state index contributed by atoms with van der Waals surface area (Å²) in [5, 5.41) is 13.9. The molecule has 1 heterocycles. The molecule has 0 aromatic heterocycles. The zero-order chi connectivity index (χ0) is 11.4. The predicted molar refractivity (Wildman–Crippen MR) is 64.4 cm³/mol. The molecule has 0 amide bonds. The summed E-state index contributed by atoms with van der Waals surface area (Å²) >= 11 is 0. The van der Waals surface area contributed by atoms with E-state index in [0.717, 1.165) is 39.0 Å². The zero-order valence-electron chi connectivity index (χ0n) is 10.4. The van der Waals surface area contributed by atoms with Crippen LogP contribution >= 0.6 is 0 Å². The van der Waals surface area contributed by atoms with Crippen molar-refractivity contribution in [3.63, 3.8) is 0 Å². The summed E-state index contributed by atoms with van der Waals surface area (Å²) in [6.45, 7) is 4.70. The molecule has 16 heavy (non-hydrogen) atoms. The number of nitrogens with one attached hydrogen (secondary N) is 1. The van der Waals surface area contributed by atoms with E-state index in [0.29, 0.717) is 12.0 Å². The Labute approximate surface area is 98.6 Å². The predicted octanol–water partition coefficient (Wildman–Crippen LogP) is 1.70. The average molecular weight is 227 g/mol. The summed E-state index contributed by atoms with van der Waals surface area (Å²) < 4.78 is 5.43. The van der Waals surface area contributed by atoms with E-state index in [-0.39, 0.29) is 0 Å². The normalized spacial score (nSPS) is 40.9. The Morgan fingerprint density at radius 1 is 1.38 bits per heavy atom. The first-order valence-electron chi connectivity index (χ1n) is 6.71. The van der Waals surface area contributed by atoms with Crippen molar-refractivity contribution >= 4 is 0 Å². The molecule has 0 aromatic rings. The minimum absolute atomic E-state index is 0.454. The minimum Gasteiger partial charge on any atom is -0.389 e. The van der Waals surface area contributed by atoms with Gasteiger partial charge in [0.15, 0.2) is 0 Å². The van der Waals surface area contributed by atoms with Crippen LogP contribution in [0.1, 0.15) is 45.4 Å². The smallest absolute Gasteiger partial charge is 0.0774 e. The molecule has 0 aromatic carbocycles. The van der Waals surface area contributed by atoms with Crippen LogP contribution < -0.4 is 5.32 Å². The first kappa shape index (κ1) is 12.3. The fraction of sp³-hybridized carbons (Fsp3) is 1.00. The second-order valence-corrected chi connectivity index (χ2v) is 5.72. The third-order valence-corrected chi connectivity index (χ3v) is 3.95. The quantitative estimate of drug-likeness (QED) is 0.771. The van der Waals surface area contributed by atoms with Crippen molar-refractivity contribution in [2.45, 2.75) is 57.1 Å². The first-order valence-corrected chi connectivity index (χ1v) is 6.71. The van der Waals surface area contributed by atoms with Gasteiger partial charge in [0.25, 0.3) is 0 Å². The fourth-order valence-electron chi connectivity index (χ4n) is 3.03. The van der Waals surface area contributed by atoms with E-state index in [1.165, 1.54) is 19.3 Å².